The average Bonchev–Trinajstić information content (AvgIpc) is 2.77. The summed E-state index contributed by atoms with van der Waals surface area (Å²) in [7, 11) is -4.17. The summed E-state index contributed by atoms with van der Waals surface area (Å²) in [5.41, 5.74) is 0.750. The van der Waals surface area contributed by atoms with Crippen molar-refractivity contribution < 1.29 is 17.2 Å². The van der Waals surface area contributed by atoms with Gasteiger partial charge >= 0.3 is 0 Å². The quantitative estimate of drug-likeness (QED) is 0.508. The number of hydrogen-bond acceptors (Lipinski definition) is 4. The molecule has 0 N–H and O–H groups in total. The summed E-state index contributed by atoms with van der Waals surface area (Å²) < 4.78 is 57.2. The average molecular weight is 478 g/mol. The Balaban J connectivity index is 1.72. The number of hydrogen-bond donors (Lipinski definition) is 0. The normalized spacial score (nSPS) is 17.3. The second kappa shape index (κ2) is 9.52. The molecule has 9 heteroatoms. The van der Waals surface area contributed by atoms with E-state index in [1.54, 1.807) is 12.4 Å². The van der Waals surface area contributed by atoms with Crippen molar-refractivity contribution in [1.29, 1.82) is 0 Å². The fraction of sp³-hybridized carbons (Fsp3) is 0.261. The minimum atomic E-state index is -4.17. The number of sulfonamides is 1. The minimum absolute atomic E-state index is 0.0307. The van der Waals surface area contributed by atoms with Gasteiger partial charge in [0.2, 0.25) is 0 Å². The van der Waals surface area contributed by atoms with E-state index in [1.165, 1.54) is 24.3 Å². The number of piperidine rings is 1. The Labute approximate surface area is 191 Å². The Morgan fingerprint density at radius 2 is 1.78 bits per heavy atom. The highest BCUT2D eigenvalue weighted by Crippen LogP contribution is 2.33. The van der Waals surface area contributed by atoms with Gasteiger partial charge in [-0.3, -0.25) is 14.2 Å². The maximum absolute atomic E-state index is 14.8. The van der Waals surface area contributed by atoms with E-state index >= 15 is 0 Å². The van der Waals surface area contributed by atoms with Crippen LogP contribution in [0.25, 0.3) is 0 Å². The van der Waals surface area contributed by atoms with Crippen molar-refractivity contribution in [3.8, 4) is 0 Å². The van der Waals surface area contributed by atoms with E-state index in [0.717, 1.165) is 41.0 Å². The van der Waals surface area contributed by atoms with Crippen LogP contribution in [0.3, 0.4) is 0 Å². The van der Waals surface area contributed by atoms with Crippen LogP contribution in [-0.4, -0.2) is 37.4 Å². The van der Waals surface area contributed by atoms with Gasteiger partial charge in [0, 0.05) is 36.6 Å². The maximum atomic E-state index is 14.8. The Morgan fingerprint density at radius 3 is 2.50 bits per heavy atom. The molecular weight excluding hydrogens is 456 g/mol. The lowest BCUT2D eigenvalue weighted by Gasteiger charge is -2.39. The molecule has 0 aliphatic carbocycles. The second-order valence-corrected chi connectivity index (χ2v) is 9.99. The summed E-state index contributed by atoms with van der Waals surface area (Å²) in [5, 5.41) is 0.383. The lowest BCUT2D eigenvalue weighted by Crippen LogP contribution is -2.50. The Kier molecular flexibility index (Phi) is 6.74. The first-order valence-electron chi connectivity index (χ1n) is 10.2. The zero-order chi connectivity index (χ0) is 22.7. The van der Waals surface area contributed by atoms with Gasteiger partial charge in [-0.15, -0.1) is 0 Å². The number of anilines is 1. The van der Waals surface area contributed by atoms with Gasteiger partial charge in [-0.2, -0.15) is 0 Å². The predicted octanol–water partition coefficient (Wildman–Crippen LogP) is 4.87. The molecule has 2 heterocycles. The molecule has 1 atom stereocenters. The number of pyridine rings is 1. The van der Waals surface area contributed by atoms with Crippen molar-refractivity contribution in [2.45, 2.75) is 30.3 Å². The first-order valence-corrected chi connectivity index (χ1v) is 12.0. The molecule has 2 aromatic carbocycles. The van der Waals surface area contributed by atoms with Crippen molar-refractivity contribution >= 4 is 27.3 Å². The van der Waals surface area contributed by atoms with Gasteiger partial charge in [0.25, 0.3) is 10.0 Å². The van der Waals surface area contributed by atoms with E-state index < -0.39 is 27.7 Å². The lowest BCUT2D eigenvalue weighted by atomic mass is 10.0. The topological polar surface area (TPSA) is 53.5 Å². The molecule has 4 rings (SSSR count). The third kappa shape index (κ3) is 4.92. The molecule has 1 aromatic heterocycles. The number of rotatable bonds is 6. The standard InChI is InChI=1S/C23H22ClF2N3O2S/c24-18-3-6-21(7-4-18)32(30,31)29(23-14-19(25)5-8-22(23)26)20-2-1-13-28(16-20)15-17-9-11-27-12-10-17/h3-12,14,20H,1-2,13,15-16H2. The number of nitrogens with zero attached hydrogens (tertiary/aromatic N) is 3. The predicted molar refractivity (Wildman–Crippen MR) is 120 cm³/mol. The second-order valence-electron chi connectivity index (χ2n) is 7.74. The minimum Gasteiger partial charge on any atom is -0.297 e. The lowest BCUT2D eigenvalue weighted by molar-refractivity contribution is 0.202. The third-order valence-corrected chi connectivity index (χ3v) is 7.62. The van der Waals surface area contributed by atoms with Gasteiger partial charge in [0.15, 0.2) is 0 Å². The van der Waals surface area contributed by atoms with Crippen molar-refractivity contribution in [2.75, 3.05) is 17.4 Å². The van der Waals surface area contributed by atoms with Crippen LogP contribution in [0.5, 0.6) is 0 Å². The molecule has 1 aliphatic heterocycles. The van der Waals surface area contributed by atoms with Crippen molar-refractivity contribution in [3.63, 3.8) is 0 Å². The molecule has 3 aromatic rings. The fourth-order valence-corrected chi connectivity index (χ4v) is 5.81. The molecule has 1 aliphatic rings. The summed E-state index contributed by atoms with van der Waals surface area (Å²) in [6.07, 6.45) is 4.65. The highest BCUT2D eigenvalue weighted by molar-refractivity contribution is 7.92. The highest BCUT2D eigenvalue weighted by Gasteiger charge is 2.36. The van der Waals surface area contributed by atoms with Crippen LogP contribution in [0.4, 0.5) is 14.5 Å². The van der Waals surface area contributed by atoms with E-state index in [1.807, 2.05) is 12.1 Å². The SMILES string of the molecule is O=S(=O)(c1ccc(Cl)cc1)N(c1cc(F)ccc1F)C1CCCN(Cc2ccncc2)C1. The van der Waals surface area contributed by atoms with Gasteiger partial charge in [-0.05, 0) is 73.5 Å². The third-order valence-electron chi connectivity index (χ3n) is 5.48. The van der Waals surface area contributed by atoms with E-state index in [4.69, 9.17) is 11.6 Å². The molecule has 0 saturated carbocycles. The van der Waals surface area contributed by atoms with Crippen molar-refractivity contribution in [3.05, 3.63) is 89.2 Å². The van der Waals surface area contributed by atoms with Crippen LogP contribution in [-0.2, 0) is 16.6 Å². The van der Waals surface area contributed by atoms with Gasteiger partial charge in [0.1, 0.15) is 11.6 Å². The summed E-state index contributed by atoms with van der Waals surface area (Å²) in [6, 6.07) is 11.8. The first-order chi connectivity index (χ1) is 15.3. The van der Waals surface area contributed by atoms with Crippen LogP contribution in [0, 0.1) is 11.6 Å². The Bertz CT molecular complexity index is 1180. The molecule has 0 amide bonds. The summed E-state index contributed by atoms with van der Waals surface area (Å²) in [5.74, 6) is -1.50. The number of halogens is 3. The fourth-order valence-electron chi connectivity index (χ4n) is 4.01. The Hall–Kier alpha value is -2.55. The van der Waals surface area contributed by atoms with Gasteiger partial charge in [-0.1, -0.05) is 11.6 Å². The molecule has 0 spiro atoms. The molecule has 168 valence electrons. The zero-order valence-corrected chi connectivity index (χ0v) is 18.7. The van der Waals surface area contributed by atoms with Gasteiger partial charge in [-0.25, -0.2) is 17.2 Å². The summed E-state index contributed by atoms with van der Waals surface area (Å²) in [6.45, 7) is 1.77. The van der Waals surface area contributed by atoms with Crippen LogP contribution in [0.15, 0.2) is 71.9 Å². The molecule has 1 saturated heterocycles. The highest BCUT2D eigenvalue weighted by atomic mass is 35.5. The number of benzene rings is 2. The molecule has 0 radical (unpaired) electrons. The largest absolute Gasteiger partial charge is 0.297 e. The molecule has 32 heavy (non-hydrogen) atoms. The van der Waals surface area contributed by atoms with Gasteiger partial charge in [0.05, 0.1) is 16.6 Å². The summed E-state index contributed by atoms with van der Waals surface area (Å²) in [4.78, 5) is 6.10. The zero-order valence-electron chi connectivity index (χ0n) is 17.2. The Morgan fingerprint density at radius 1 is 1.06 bits per heavy atom. The van der Waals surface area contributed by atoms with E-state index in [-0.39, 0.29) is 10.6 Å². The smallest absolute Gasteiger partial charge is 0.264 e. The van der Waals surface area contributed by atoms with E-state index in [0.29, 0.717) is 24.5 Å². The summed E-state index contributed by atoms with van der Waals surface area (Å²) >= 11 is 5.92. The molecule has 5 nitrogen and oxygen atoms in total. The monoisotopic (exact) mass is 477 g/mol. The molecule has 0 bridgehead atoms. The first kappa shape index (κ1) is 22.6. The van der Waals surface area contributed by atoms with Crippen molar-refractivity contribution in [1.82, 2.24) is 9.88 Å². The molecule has 1 fully saturated rings. The van der Waals surface area contributed by atoms with Crippen LogP contribution in [0.2, 0.25) is 5.02 Å². The van der Waals surface area contributed by atoms with Crippen LogP contribution in [0.1, 0.15) is 18.4 Å². The van der Waals surface area contributed by atoms with Gasteiger partial charge < -0.3 is 0 Å². The molecular formula is C23H22ClF2N3O2S. The van der Waals surface area contributed by atoms with Crippen molar-refractivity contribution in [2.24, 2.45) is 0 Å². The van der Waals surface area contributed by atoms with E-state index in [9.17, 15) is 17.2 Å². The van der Waals surface area contributed by atoms with Crippen LogP contribution < -0.4 is 4.31 Å². The number of likely N-dealkylation sites (tertiary alicyclic amines) is 1. The number of aromatic nitrogens is 1. The van der Waals surface area contributed by atoms with E-state index in [2.05, 4.69) is 9.88 Å². The van der Waals surface area contributed by atoms with Crippen LogP contribution >= 0.6 is 11.6 Å². The molecule has 1 unspecified atom stereocenters. The maximum Gasteiger partial charge on any atom is 0.264 e.